The summed E-state index contributed by atoms with van der Waals surface area (Å²) in [5, 5.41) is 20.7. The highest BCUT2D eigenvalue weighted by Gasteiger charge is 2.35. The Morgan fingerprint density at radius 1 is 1.33 bits per heavy atom. The lowest BCUT2D eigenvalue weighted by Gasteiger charge is -2.23. The zero-order chi connectivity index (χ0) is 17.7. The van der Waals surface area contributed by atoms with Crippen molar-refractivity contribution >= 4 is 11.9 Å². The first kappa shape index (κ1) is 18.0. The fraction of sp³-hybridized carbons (Fsp3) is 0.500. The van der Waals surface area contributed by atoms with Crippen LogP contribution in [0.3, 0.4) is 0 Å². The molecular formula is C18H23N3O3. The van der Waals surface area contributed by atoms with Gasteiger partial charge in [-0.1, -0.05) is 13.8 Å². The number of benzene rings is 1. The summed E-state index contributed by atoms with van der Waals surface area (Å²) < 4.78 is 0. The van der Waals surface area contributed by atoms with E-state index in [-0.39, 0.29) is 18.4 Å². The van der Waals surface area contributed by atoms with Gasteiger partial charge in [-0.3, -0.25) is 9.59 Å². The van der Waals surface area contributed by atoms with Gasteiger partial charge in [0.1, 0.15) is 0 Å². The highest BCUT2D eigenvalue weighted by Crippen LogP contribution is 2.25. The number of nitrogens with one attached hydrogen (secondary N) is 1. The molecule has 0 spiro atoms. The minimum Gasteiger partial charge on any atom is -0.481 e. The number of carbonyl (C=O) groups is 2. The molecule has 1 saturated heterocycles. The number of nitriles is 1. The summed E-state index contributed by atoms with van der Waals surface area (Å²) in [6, 6.07) is 8.58. The number of likely N-dealkylation sites (tertiary alicyclic amines) is 1. The fourth-order valence-electron chi connectivity index (χ4n) is 3.13. The Hall–Kier alpha value is -2.39. The lowest BCUT2D eigenvalue weighted by molar-refractivity contribution is -0.137. The van der Waals surface area contributed by atoms with Gasteiger partial charge in [0, 0.05) is 31.2 Å². The number of amides is 1. The van der Waals surface area contributed by atoms with Crippen molar-refractivity contribution in [3.05, 3.63) is 35.4 Å². The van der Waals surface area contributed by atoms with Crippen LogP contribution >= 0.6 is 0 Å². The molecule has 2 rings (SSSR count). The van der Waals surface area contributed by atoms with Gasteiger partial charge >= 0.3 is 5.97 Å². The average Bonchev–Trinajstić information content (AvgIpc) is 2.96. The van der Waals surface area contributed by atoms with Crippen molar-refractivity contribution in [3.63, 3.8) is 0 Å². The number of nitrogens with zero attached hydrogens (tertiary/aromatic N) is 2. The van der Waals surface area contributed by atoms with E-state index in [0.29, 0.717) is 36.1 Å². The molecule has 1 fully saturated rings. The molecule has 0 aliphatic carbocycles. The van der Waals surface area contributed by atoms with Gasteiger partial charge in [-0.15, -0.1) is 0 Å². The highest BCUT2D eigenvalue weighted by atomic mass is 16.4. The summed E-state index contributed by atoms with van der Waals surface area (Å²) in [5.74, 6) is -0.274. The maximum atomic E-state index is 12.4. The van der Waals surface area contributed by atoms with Gasteiger partial charge in [0.2, 0.25) is 0 Å². The van der Waals surface area contributed by atoms with Crippen LogP contribution in [0.5, 0.6) is 0 Å². The van der Waals surface area contributed by atoms with Crippen molar-refractivity contribution in [1.29, 1.82) is 5.26 Å². The molecule has 6 nitrogen and oxygen atoms in total. The standard InChI is InChI=1S/C18H23N3O3/c1-12(2)15-10-21(8-7-17(22)23)11-16(15)20-18(24)14-5-3-13(9-19)4-6-14/h3-6,12,15-16H,7-8,10-11H2,1-2H3,(H,20,24)(H,22,23)/t15-,16+/m0/s1. The van der Waals surface area contributed by atoms with Gasteiger partial charge in [0.15, 0.2) is 0 Å². The van der Waals surface area contributed by atoms with Crippen LogP contribution < -0.4 is 5.32 Å². The second-order valence-corrected chi connectivity index (χ2v) is 6.58. The number of rotatable bonds is 6. The van der Waals surface area contributed by atoms with Crippen LogP contribution in [0.4, 0.5) is 0 Å². The lowest BCUT2D eigenvalue weighted by Crippen LogP contribution is -2.42. The smallest absolute Gasteiger partial charge is 0.304 e. The molecule has 1 aliphatic heterocycles. The molecule has 2 N–H and O–H groups in total. The van der Waals surface area contributed by atoms with Crippen molar-refractivity contribution in [1.82, 2.24) is 10.2 Å². The molecule has 24 heavy (non-hydrogen) atoms. The Bertz CT molecular complexity index is 634. The second-order valence-electron chi connectivity index (χ2n) is 6.58. The van der Waals surface area contributed by atoms with Gasteiger partial charge < -0.3 is 15.3 Å². The highest BCUT2D eigenvalue weighted by molar-refractivity contribution is 5.94. The molecular weight excluding hydrogens is 306 g/mol. The molecule has 0 bridgehead atoms. The molecule has 1 aromatic rings. The van der Waals surface area contributed by atoms with Crippen LogP contribution in [-0.4, -0.2) is 47.6 Å². The minimum atomic E-state index is -0.804. The van der Waals surface area contributed by atoms with Crippen LogP contribution in [0.25, 0.3) is 0 Å². The maximum absolute atomic E-state index is 12.4. The van der Waals surface area contributed by atoms with Gasteiger partial charge in [-0.25, -0.2) is 0 Å². The average molecular weight is 329 g/mol. The number of hydrogen-bond acceptors (Lipinski definition) is 4. The first-order chi connectivity index (χ1) is 11.4. The molecule has 6 heteroatoms. The molecule has 0 unspecified atom stereocenters. The van der Waals surface area contributed by atoms with E-state index in [9.17, 15) is 9.59 Å². The van der Waals surface area contributed by atoms with Crippen LogP contribution in [0.1, 0.15) is 36.2 Å². The predicted molar refractivity (Wildman–Crippen MR) is 89.4 cm³/mol. The second kappa shape index (κ2) is 7.93. The Morgan fingerprint density at radius 3 is 2.54 bits per heavy atom. The third-order valence-electron chi connectivity index (χ3n) is 4.53. The monoisotopic (exact) mass is 329 g/mol. The number of carboxylic acids is 1. The van der Waals surface area contributed by atoms with Crippen molar-refractivity contribution in [3.8, 4) is 6.07 Å². The molecule has 0 aromatic heterocycles. The van der Waals surface area contributed by atoms with E-state index in [2.05, 4.69) is 24.1 Å². The van der Waals surface area contributed by atoms with Gasteiger partial charge in [-0.05, 0) is 36.1 Å². The Balaban J connectivity index is 2.01. The van der Waals surface area contributed by atoms with E-state index in [0.717, 1.165) is 6.54 Å². The largest absolute Gasteiger partial charge is 0.481 e. The third kappa shape index (κ3) is 4.56. The zero-order valence-corrected chi connectivity index (χ0v) is 14.0. The molecule has 128 valence electrons. The third-order valence-corrected chi connectivity index (χ3v) is 4.53. The zero-order valence-electron chi connectivity index (χ0n) is 14.0. The number of carboxylic acid groups (broad SMARTS) is 1. The minimum absolute atomic E-state index is 0.00179. The summed E-state index contributed by atoms with van der Waals surface area (Å²) >= 11 is 0. The first-order valence-corrected chi connectivity index (χ1v) is 8.16. The summed E-state index contributed by atoms with van der Waals surface area (Å²) in [7, 11) is 0. The van der Waals surface area contributed by atoms with Crippen LogP contribution in [-0.2, 0) is 4.79 Å². The van der Waals surface area contributed by atoms with Crippen molar-refractivity contribution in [2.45, 2.75) is 26.3 Å². The maximum Gasteiger partial charge on any atom is 0.304 e. The first-order valence-electron chi connectivity index (χ1n) is 8.16. The molecule has 1 aliphatic rings. The quantitative estimate of drug-likeness (QED) is 0.829. The predicted octanol–water partition coefficient (Wildman–Crippen LogP) is 1.72. The molecule has 0 saturated carbocycles. The topological polar surface area (TPSA) is 93.4 Å². The summed E-state index contributed by atoms with van der Waals surface area (Å²) in [4.78, 5) is 25.3. The normalized spacial score (nSPS) is 20.8. The van der Waals surface area contributed by atoms with E-state index in [4.69, 9.17) is 10.4 Å². The van der Waals surface area contributed by atoms with Crippen LogP contribution in [0.15, 0.2) is 24.3 Å². The van der Waals surface area contributed by atoms with E-state index in [1.807, 2.05) is 6.07 Å². The van der Waals surface area contributed by atoms with Crippen LogP contribution in [0.2, 0.25) is 0 Å². The summed E-state index contributed by atoms with van der Waals surface area (Å²) in [5.41, 5.74) is 1.05. The van der Waals surface area contributed by atoms with E-state index in [1.54, 1.807) is 24.3 Å². The SMILES string of the molecule is CC(C)[C@@H]1CN(CCC(=O)O)C[C@H]1NC(=O)c1ccc(C#N)cc1. The van der Waals surface area contributed by atoms with Crippen molar-refractivity contribution < 1.29 is 14.7 Å². The van der Waals surface area contributed by atoms with Crippen LogP contribution in [0, 0.1) is 23.2 Å². The molecule has 0 radical (unpaired) electrons. The summed E-state index contributed by atoms with van der Waals surface area (Å²) in [6.07, 6.45) is 0.112. The molecule has 2 atom stereocenters. The van der Waals surface area contributed by atoms with Crippen molar-refractivity contribution in [2.75, 3.05) is 19.6 Å². The molecule has 1 aromatic carbocycles. The lowest BCUT2D eigenvalue weighted by atomic mass is 9.91. The van der Waals surface area contributed by atoms with E-state index >= 15 is 0 Å². The molecule has 1 heterocycles. The number of aliphatic carboxylic acids is 1. The number of carbonyl (C=O) groups excluding carboxylic acids is 1. The summed E-state index contributed by atoms with van der Waals surface area (Å²) in [6.45, 7) is 6.20. The van der Waals surface area contributed by atoms with E-state index < -0.39 is 5.97 Å². The molecule has 1 amide bonds. The van der Waals surface area contributed by atoms with E-state index in [1.165, 1.54) is 0 Å². The Labute approximate surface area is 142 Å². The number of hydrogen-bond donors (Lipinski definition) is 2. The Morgan fingerprint density at radius 2 is 2.00 bits per heavy atom. The fourth-order valence-corrected chi connectivity index (χ4v) is 3.13. The van der Waals surface area contributed by atoms with Crippen molar-refractivity contribution in [2.24, 2.45) is 11.8 Å². The van der Waals surface area contributed by atoms with Gasteiger partial charge in [-0.2, -0.15) is 5.26 Å². The van der Waals surface area contributed by atoms with Gasteiger partial charge in [0.05, 0.1) is 18.1 Å². The van der Waals surface area contributed by atoms with Gasteiger partial charge in [0.25, 0.3) is 5.91 Å². The Kier molecular flexibility index (Phi) is 5.93.